The van der Waals surface area contributed by atoms with Crippen LogP contribution in [0.25, 0.3) is 0 Å². The molecule has 1 aliphatic heterocycles. The zero-order chi connectivity index (χ0) is 18.0. The molecule has 0 fully saturated rings. The predicted molar refractivity (Wildman–Crippen MR) is 99.3 cm³/mol. The number of hydrogen-bond donors (Lipinski definition) is 4. The summed E-state index contributed by atoms with van der Waals surface area (Å²) in [4.78, 5) is 2.22. The molecule has 6 nitrogen and oxygen atoms in total. The van der Waals surface area contributed by atoms with E-state index < -0.39 is 0 Å². The van der Waals surface area contributed by atoms with Crippen LogP contribution in [-0.4, -0.2) is 42.9 Å². The highest BCUT2D eigenvalue weighted by atomic mass is 16.5. The second-order valence-corrected chi connectivity index (χ2v) is 6.36. The maximum Gasteiger partial charge on any atom is 0.165 e. The van der Waals surface area contributed by atoms with Gasteiger partial charge in [0, 0.05) is 20.1 Å². The highest BCUT2D eigenvalue weighted by Gasteiger charge is 2.26. The zero-order valence-electron chi connectivity index (χ0n) is 14.8. The van der Waals surface area contributed by atoms with Crippen LogP contribution in [-0.2, 0) is 13.2 Å². The van der Waals surface area contributed by atoms with Gasteiger partial charge in [0.15, 0.2) is 5.75 Å². The molecule has 1 unspecified atom stereocenters. The maximum atomic E-state index is 9.83. The standard InChI is InChI=1S/C19H25N3O3/c1-20-16-8-13(11-23)15-9-22(2)10-17(21-18(15)19(16)25-3)12-4-6-14(24)7-5-12/h4-8,17,20-21,23-24H,9-11H2,1-3H3. The number of aromatic hydroxyl groups is 1. The van der Waals surface area contributed by atoms with Crippen molar-refractivity contribution in [1.29, 1.82) is 0 Å². The summed E-state index contributed by atoms with van der Waals surface area (Å²) >= 11 is 0. The molecule has 134 valence electrons. The summed E-state index contributed by atoms with van der Waals surface area (Å²) in [6, 6.07) is 9.22. The highest BCUT2D eigenvalue weighted by Crippen LogP contribution is 2.42. The van der Waals surface area contributed by atoms with Gasteiger partial charge in [-0.15, -0.1) is 0 Å². The van der Waals surface area contributed by atoms with Crippen LogP contribution in [0.5, 0.6) is 11.5 Å². The molecular formula is C19H25N3O3. The number of aliphatic hydroxyl groups excluding tert-OH is 1. The number of nitrogens with zero attached hydrogens (tertiary/aromatic N) is 1. The molecule has 0 saturated carbocycles. The number of aliphatic hydroxyl groups is 1. The lowest BCUT2D eigenvalue weighted by Gasteiger charge is -2.23. The predicted octanol–water partition coefficient (Wildman–Crippen LogP) is 2.53. The van der Waals surface area contributed by atoms with E-state index in [0.29, 0.717) is 6.54 Å². The Labute approximate surface area is 148 Å². The van der Waals surface area contributed by atoms with Crippen molar-refractivity contribution in [1.82, 2.24) is 4.90 Å². The van der Waals surface area contributed by atoms with Gasteiger partial charge in [0.05, 0.1) is 31.1 Å². The summed E-state index contributed by atoms with van der Waals surface area (Å²) in [7, 11) is 5.55. The Morgan fingerprint density at radius 2 is 2.04 bits per heavy atom. The molecule has 1 atom stereocenters. The fourth-order valence-corrected chi connectivity index (χ4v) is 3.39. The summed E-state index contributed by atoms with van der Waals surface area (Å²) < 4.78 is 5.66. The van der Waals surface area contributed by atoms with E-state index in [2.05, 4.69) is 22.6 Å². The van der Waals surface area contributed by atoms with Crippen LogP contribution < -0.4 is 15.4 Å². The first-order valence-corrected chi connectivity index (χ1v) is 8.32. The summed E-state index contributed by atoms with van der Waals surface area (Å²) in [5.74, 6) is 0.998. The number of phenolic OH excluding ortho intramolecular Hbond substituents is 1. The summed E-state index contributed by atoms with van der Waals surface area (Å²) in [5.41, 5.74) is 4.75. The van der Waals surface area contributed by atoms with Gasteiger partial charge < -0.3 is 25.6 Å². The van der Waals surface area contributed by atoms with Gasteiger partial charge in [-0.3, -0.25) is 4.90 Å². The lowest BCUT2D eigenvalue weighted by Crippen LogP contribution is -2.25. The van der Waals surface area contributed by atoms with Crippen molar-refractivity contribution >= 4 is 11.4 Å². The van der Waals surface area contributed by atoms with E-state index in [9.17, 15) is 10.2 Å². The van der Waals surface area contributed by atoms with Crippen LogP contribution in [0.1, 0.15) is 22.7 Å². The fourth-order valence-electron chi connectivity index (χ4n) is 3.39. The van der Waals surface area contributed by atoms with Gasteiger partial charge in [0.2, 0.25) is 0 Å². The molecule has 3 rings (SSSR count). The second-order valence-electron chi connectivity index (χ2n) is 6.36. The number of ether oxygens (including phenoxy) is 1. The van der Waals surface area contributed by atoms with E-state index in [4.69, 9.17) is 4.74 Å². The molecule has 0 amide bonds. The number of fused-ring (bicyclic) bond motifs is 1. The van der Waals surface area contributed by atoms with Crippen molar-refractivity contribution in [2.75, 3.05) is 38.4 Å². The lowest BCUT2D eigenvalue weighted by molar-refractivity contribution is 0.275. The van der Waals surface area contributed by atoms with Gasteiger partial charge in [-0.1, -0.05) is 12.1 Å². The molecule has 2 aromatic carbocycles. The van der Waals surface area contributed by atoms with Crippen LogP contribution in [0.15, 0.2) is 30.3 Å². The van der Waals surface area contributed by atoms with Crippen molar-refractivity contribution in [3.8, 4) is 11.5 Å². The van der Waals surface area contributed by atoms with Crippen molar-refractivity contribution in [2.24, 2.45) is 0 Å². The van der Waals surface area contributed by atoms with E-state index in [0.717, 1.165) is 40.4 Å². The van der Waals surface area contributed by atoms with Gasteiger partial charge in [-0.05, 0) is 41.9 Å². The van der Waals surface area contributed by atoms with Crippen LogP contribution in [0.3, 0.4) is 0 Å². The number of methoxy groups -OCH3 is 1. The topological polar surface area (TPSA) is 77.0 Å². The zero-order valence-corrected chi connectivity index (χ0v) is 14.8. The molecule has 6 heteroatoms. The molecule has 0 radical (unpaired) electrons. The van der Waals surface area contributed by atoms with Crippen molar-refractivity contribution in [3.05, 3.63) is 47.0 Å². The highest BCUT2D eigenvalue weighted by molar-refractivity contribution is 5.77. The first-order valence-electron chi connectivity index (χ1n) is 8.32. The summed E-state index contributed by atoms with van der Waals surface area (Å²) in [6.45, 7) is 1.48. The minimum atomic E-state index is -0.0274. The molecule has 0 spiro atoms. The molecular weight excluding hydrogens is 318 g/mol. The number of phenols is 1. The molecule has 0 aliphatic carbocycles. The fraction of sp³-hybridized carbons (Fsp3) is 0.368. The minimum Gasteiger partial charge on any atom is -0.508 e. The third kappa shape index (κ3) is 3.36. The van der Waals surface area contributed by atoms with Crippen molar-refractivity contribution in [2.45, 2.75) is 19.2 Å². The number of likely N-dealkylation sites (N-methyl/N-ethyl adjacent to an activating group) is 1. The van der Waals surface area contributed by atoms with Gasteiger partial charge in [-0.25, -0.2) is 0 Å². The Balaban J connectivity index is 2.11. The van der Waals surface area contributed by atoms with E-state index >= 15 is 0 Å². The summed E-state index contributed by atoms with van der Waals surface area (Å²) in [5, 5.41) is 26.1. The molecule has 25 heavy (non-hydrogen) atoms. The van der Waals surface area contributed by atoms with Gasteiger partial charge >= 0.3 is 0 Å². The lowest BCUT2D eigenvalue weighted by atomic mass is 10.0. The van der Waals surface area contributed by atoms with E-state index in [1.165, 1.54) is 0 Å². The van der Waals surface area contributed by atoms with Crippen LogP contribution in [0.4, 0.5) is 11.4 Å². The third-order valence-corrected chi connectivity index (χ3v) is 4.66. The van der Waals surface area contributed by atoms with Crippen molar-refractivity contribution < 1.29 is 14.9 Å². The molecule has 0 aromatic heterocycles. The maximum absolute atomic E-state index is 9.83. The Morgan fingerprint density at radius 3 is 2.64 bits per heavy atom. The van der Waals surface area contributed by atoms with Crippen molar-refractivity contribution in [3.63, 3.8) is 0 Å². The first kappa shape index (κ1) is 17.4. The normalized spacial score (nSPS) is 17.4. The Kier molecular flexibility index (Phi) is 5.01. The second kappa shape index (κ2) is 7.21. The van der Waals surface area contributed by atoms with Gasteiger partial charge in [0.25, 0.3) is 0 Å². The minimum absolute atomic E-state index is 0.0274. The van der Waals surface area contributed by atoms with Crippen LogP contribution >= 0.6 is 0 Å². The number of anilines is 2. The largest absolute Gasteiger partial charge is 0.508 e. The number of hydrogen-bond acceptors (Lipinski definition) is 6. The van der Waals surface area contributed by atoms with Crippen LogP contribution in [0.2, 0.25) is 0 Å². The number of nitrogens with one attached hydrogen (secondary N) is 2. The molecule has 4 N–H and O–H groups in total. The SMILES string of the molecule is CNc1cc(CO)c2c(c1OC)NC(c1ccc(O)cc1)CN(C)C2. The average Bonchev–Trinajstić information content (AvgIpc) is 2.79. The van der Waals surface area contributed by atoms with Gasteiger partial charge in [0.1, 0.15) is 5.75 Å². The summed E-state index contributed by atoms with van der Waals surface area (Å²) in [6.07, 6.45) is 0. The molecule has 0 saturated heterocycles. The van der Waals surface area contributed by atoms with E-state index in [1.54, 1.807) is 19.2 Å². The Morgan fingerprint density at radius 1 is 1.32 bits per heavy atom. The van der Waals surface area contributed by atoms with Crippen LogP contribution in [0, 0.1) is 0 Å². The Bertz CT molecular complexity index is 747. The van der Waals surface area contributed by atoms with E-state index in [-0.39, 0.29) is 18.4 Å². The number of rotatable bonds is 4. The van der Waals surface area contributed by atoms with E-state index in [1.807, 2.05) is 25.2 Å². The quantitative estimate of drug-likeness (QED) is 0.683. The molecule has 0 bridgehead atoms. The monoisotopic (exact) mass is 343 g/mol. The average molecular weight is 343 g/mol. The smallest absolute Gasteiger partial charge is 0.165 e. The molecule has 1 heterocycles. The molecule has 2 aromatic rings. The Hall–Kier alpha value is -2.44. The first-order chi connectivity index (χ1) is 12.1. The number of benzene rings is 2. The third-order valence-electron chi connectivity index (χ3n) is 4.66. The van der Waals surface area contributed by atoms with Gasteiger partial charge in [-0.2, -0.15) is 0 Å². The molecule has 1 aliphatic rings.